The molecular formula is C14H15ClO3. The van der Waals surface area contributed by atoms with Crippen LogP contribution in [-0.2, 0) is 6.42 Å². The van der Waals surface area contributed by atoms with Crippen molar-refractivity contribution in [2.45, 2.75) is 6.42 Å². The molecule has 2 aromatic rings. The molecule has 2 N–H and O–H groups in total. The number of hydrogen-bond acceptors (Lipinski definition) is 3. The Balaban J connectivity index is 2.15. The van der Waals surface area contributed by atoms with Crippen molar-refractivity contribution in [1.29, 1.82) is 0 Å². The van der Waals surface area contributed by atoms with E-state index in [9.17, 15) is 0 Å². The maximum atomic E-state index is 9.03. The van der Waals surface area contributed by atoms with Crippen LogP contribution >= 0.6 is 11.6 Å². The van der Waals surface area contributed by atoms with Gasteiger partial charge in [-0.3, -0.25) is 0 Å². The summed E-state index contributed by atoms with van der Waals surface area (Å²) in [7, 11) is 0. The van der Waals surface area contributed by atoms with Crippen LogP contribution in [0.4, 0.5) is 0 Å². The van der Waals surface area contributed by atoms with E-state index in [0.29, 0.717) is 11.4 Å². The molecule has 2 rings (SSSR count). The number of rotatable bonds is 5. The Morgan fingerprint density at radius 1 is 1.11 bits per heavy atom. The van der Waals surface area contributed by atoms with E-state index in [-0.39, 0.29) is 19.1 Å². The number of furan rings is 1. The lowest BCUT2D eigenvalue weighted by Crippen LogP contribution is -2.13. The summed E-state index contributed by atoms with van der Waals surface area (Å²) in [6.45, 7) is -0.104. The molecule has 0 aliphatic rings. The van der Waals surface area contributed by atoms with Crippen molar-refractivity contribution in [2.75, 3.05) is 13.2 Å². The SMILES string of the molecule is OCC(CO)Cc1cc(-c2cccc(Cl)c2)co1. The van der Waals surface area contributed by atoms with Gasteiger partial charge in [-0.05, 0) is 23.8 Å². The molecule has 0 radical (unpaired) electrons. The van der Waals surface area contributed by atoms with Crippen molar-refractivity contribution in [3.8, 4) is 11.1 Å². The minimum absolute atomic E-state index is 0.0519. The third kappa shape index (κ3) is 3.13. The van der Waals surface area contributed by atoms with Gasteiger partial charge in [0.1, 0.15) is 5.76 Å². The molecule has 0 amide bonds. The molecule has 1 aromatic heterocycles. The Kier molecular flexibility index (Phi) is 4.42. The first-order valence-electron chi connectivity index (χ1n) is 5.78. The molecule has 1 heterocycles. The molecule has 0 saturated carbocycles. The highest BCUT2D eigenvalue weighted by Crippen LogP contribution is 2.25. The lowest BCUT2D eigenvalue weighted by molar-refractivity contribution is 0.145. The molecule has 0 atom stereocenters. The van der Waals surface area contributed by atoms with E-state index in [2.05, 4.69) is 0 Å². The molecule has 0 unspecified atom stereocenters. The largest absolute Gasteiger partial charge is 0.469 e. The van der Waals surface area contributed by atoms with Crippen LogP contribution in [0.15, 0.2) is 41.0 Å². The van der Waals surface area contributed by atoms with Crippen LogP contribution in [0.2, 0.25) is 5.02 Å². The minimum atomic E-state index is -0.177. The maximum absolute atomic E-state index is 9.03. The average molecular weight is 267 g/mol. The fourth-order valence-corrected chi connectivity index (χ4v) is 1.97. The molecule has 0 bridgehead atoms. The first-order chi connectivity index (χ1) is 8.72. The Hall–Kier alpha value is -1.29. The number of benzene rings is 1. The van der Waals surface area contributed by atoms with Gasteiger partial charge < -0.3 is 14.6 Å². The second kappa shape index (κ2) is 6.05. The highest BCUT2D eigenvalue weighted by atomic mass is 35.5. The zero-order valence-electron chi connectivity index (χ0n) is 9.84. The monoisotopic (exact) mass is 266 g/mol. The summed E-state index contributed by atoms with van der Waals surface area (Å²) in [5.41, 5.74) is 1.93. The van der Waals surface area contributed by atoms with Gasteiger partial charge in [0.05, 0.1) is 6.26 Å². The van der Waals surface area contributed by atoms with Gasteiger partial charge in [0, 0.05) is 36.1 Å². The average Bonchev–Trinajstić information content (AvgIpc) is 2.84. The van der Waals surface area contributed by atoms with E-state index in [1.165, 1.54) is 0 Å². The van der Waals surface area contributed by atoms with E-state index in [1.54, 1.807) is 6.26 Å². The summed E-state index contributed by atoms with van der Waals surface area (Å²) in [6, 6.07) is 9.43. The van der Waals surface area contributed by atoms with Gasteiger partial charge >= 0.3 is 0 Å². The van der Waals surface area contributed by atoms with Crippen molar-refractivity contribution in [3.63, 3.8) is 0 Å². The van der Waals surface area contributed by atoms with E-state index < -0.39 is 0 Å². The summed E-state index contributed by atoms with van der Waals surface area (Å²) in [5, 5.41) is 18.7. The van der Waals surface area contributed by atoms with Crippen LogP contribution in [0.5, 0.6) is 0 Å². The summed E-state index contributed by atoms with van der Waals surface area (Å²) in [6.07, 6.45) is 2.18. The van der Waals surface area contributed by atoms with Crippen molar-refractivity contribution >= 4 is 11.6 Å². The van der Waals surface area contributed by atoms with Crippen molar-refractivity contribution in [1.82, 2.24) is 0 Å². The molecule has 96 valence electrons. The number of halogens is 1. The van der Waals surface area contributed by atoms with Crippen molar-refractivity contribution < 1.29 is 14.6 Å². The number of hydrogen-bond donors (Lipinski definition) is 2. The normalized spacial score (nSPS) is 11.1. The molecule has 4 heteroatoms. The predicted molar refractivity (Wildman–Crippen MR) is 70.5 cm³/mol. The fraction of sp³-hybridized carbons (Fsp3) is 0.286. The molecule has 0 aliphatic carbocycles. The van der Waals surface area contributed by atoms with Gasteiger partial charge in [-0.2, -0.15) is 0 Å². The van der Waals surface area contributed by atoms with Gasteiger partial charge in [-0.1, -0.05) is 23.7 Å². The van der Waals surface area contributed by atoms with Crippen LogP contribution in [0.1, 0.15) is 5.76 Å². The molecule has 0 spiro atoms. The predicted octanol–water partition coefficient (Wildman–Crippen LogP) is 2.74. The molecule has 0 fully saturated rings. The molecule has 0 aliphatic heterocycles. The van der Waals surface area contributed by atoms with Gasteiger partial charge in [-0.15, -0.1) is 0 Å². The standard InChI is InChI=1S/C14H15ClO3/c15-13-3-1-2-11(5-13)12-6-14(18-9-12)4-10(7-16)8-17/h1-3,5-6,9-10,16-17H,4,7-8H2. The van der Waals surface area contributed by atoms with E-state index in [1.807, 2.05) is 30.3 Å². The Morgan fingerprint density at radius 3 is 2.56 bits per heavy atom. The lowest BCUT2D eigenvalue weighted by Gasteiger charge is -2.07. The molecule has 18 heavy (non-hydrogen) atoms. The molecule has 1 aromatic carbocycles. The minimum Gasteiger partial charge on any atom is -0.469 e. The second-order valence-corrected chi connectivity index (χ2v) is 4.68. The summed E-state index contributed by atoms with van der Waals surface area (Å²) < 4.78 is 5.43. The highest BCUT2D eigenvalue weighted by molar-refractivity contribution is 6.30. The third-order valence-electron chi connectivity index (χ3n) is 2.82. The van der Waals surface area contributed by atoms with Gasteiger partial charge in [0.15, 0.2) is 0 Å². The molecule has 3 nitrogen and oxygen atoms in total. The molecule has 0 saturated heterocycles. The topological polar surface area (TPSA) is 53.6 Å². The fourth-order valence-electron chi connectivity index (χ4n) is 1.78. The first-order valence-corrected chi connectivity index (χ1v) is 6.15. The van der Waals surface area contributed by atoms with Crippen LogP contribution in [0, 0.1) is 5.92 Å². The Morgan fingerprint density at radius 2 is 1.89 bits per heavy atom. The quantitative estimate of drug-likeness (QED) is 0.875. The summed E-state index contributed by atoms with van der Waals surface area (Å²) in [5.74, 6) is 0.571. The number of aliphatic hydroxyl groups is 2. The number of aliphatic hydroxyl groups excluding tert-OH is 2. The van der Waals surface area contributed by atoms with Crippen LogP contribution < -0.4 is 0 Å². The lowest BCUT2D eigenvalue weighted by atomic mass is 10.0. The van der Waals surface area contributed by atoms with Crippen LogP contribution in [-0.4, -0.2) is 23.4 Å². The second-order valence-electron chi connectivity index (χ2n) is 4.25. The Bertz CT molecular complexity index is 503. The summed E-state index contributed by atoms with van der Waals surface area (Å²) >= 11 is 5.93. The third-order valence-corrected chi connectivity index (χ3v) is 3.05. The van der Waals surface area contributed by atoms with Crippen molar-refractivity contribution in [2.24, 2.45) is 5.92 Å². The highest BCUT2D eigenvalue weighted by Gasteiger charge is 2.11. The first kappa shape index (κ1) is 13.1. The zero-order valence-corrected chi connectivity index (χ0v) is 10.6. The summed E-state index contributed by atoms with van der Waals surface area (Å²) in [4.78, 5) is 0. The van der Waals surface area contributed by atoms with E-state index in [0.717, 1.165) is 16.9 Å². The Labute approximate surface area is 111 Å². The zero-order chi connectivity index (χ0) is 13.0. The molecular weight excluding hydrogens is 252 g/mol. The maximum Gasteiger partial charge on any atom is 0.104 e. The van der Waals surface area contributed by atoms with E-state index in [4.69, 9.17) is 26.2 Å². The van der Waals surface area contributed by atoms with Crippen molar-refractivity contribution in [3.05, 3.63) is 47.4 Å². The van der Waals surface area contributed by atoms with E-state index >= 15 is 0 Å². The van der Waals surface area contributed by atoms with Gasteiger partial charge in [0.25, 0.3) is 0 Å². The van der Waals surface area contributed by atoms with Crippen LogP contribution in [0.3, 0.4) is 0 Å². The van der Waals surface area contributed by atoms with Crippen LogP contribution in [0.25, 0.3) is 11.1 Å². The van der Waals surface area contributed by atoms with Gasteiger partial charge in [0.2, 0.25) is 0 Å². The van der Waals surface area contributed by atoms with Gasteiger partial charge in [-0.25, -0.2) is 0 Å². The smallest absolute Gasteiger partial charge is 0.104 e.